The van der Waals surface area contributed by atoms with Crippen LogP contribution in [0, 0.1) is 5.92 Å². The number of halogens is 1. The van der Waals surface area contributed by atoms with Crippen molar-refractivity contribution in [3.63, 3.8) is 0 Å². The van der Waals surface area contributed by atoms with E-state index in [4.69, 9.17) is 5.73 Å². The van der Waals surface area contributed by atoms with E-state index in [0.717, 1.165) is 5.56 Å². The van der Waals surface area contributed by atoms with Crippen molar-refractivity contribution >= 4 is 35.8 Å². The lowest BCUT2D eigenvalue weighted by molar-refractivity contribution is -0.139. The molecule has 0 spiro atoms. The lowest BCUT2D eigenvalue weighted by Crippen LogP contribution is -2.40. The topological polar surface area (TPSA) is 92.5 Å². The Morgan fingerprint density at radius 3 is 2.35 bits per heavy atom. The number of para-hydroxylation sites is 1. The predicted molar refractivity (Wildman–Crippen MR) is 89.9 cm³/mol. The molecule has 1 aromatic rings. The van der Waals surface area contributed by atoms with Crippen LogP contribution in [0.1, 0.15) is 32.3 Å². The first-order chi connectivity index (χ1) is 10.4. The molecule has 1 aliphatic rings. The largest absolute Gasteiger partial charge is 0.324 e. The second-order valence-corrected chi connectivity index (χ2v) is 5.79. The zero-order valence-electron chi connectivity index (χ0n) is 13.2. The van der Waals surface area contributed by atoms with Gasteiger partial charge in [0.1, 0.15) is 0 Å². The Hall–Kier alpha value is -1.92. The fraction of sp³-hybridized carbons (Fsp3) is 0.438. The van der Waals surface area contributed by atoms with Crippen molar-refractivity contribution in [1.29, 1.82) is 0 Å². The second kappa shape index (κ2) is 8.08. The minimum atomic E-state index is -0.608. The molecule has 7 heteroatoms. The summed E-state index contributed by atoms with van der Waals surface area (Å²) in [7, 11) is 0. The molecular formula is C16H22ClN3O3. The monoisotopic (exact) mass is 339 g/mol. The molecule has 3 N–H and O–H groups in total. The summed E-state index contributed by atoms with van der Waals surface area (Å²) in [6, 6.07) is 6.51. The second-order valence-electron chi connectivity index (χ2n) is 5.79. The van der Waals surface area contributed by atoms with Crippen LogP contribution in [0.2, 0.25) is 0 Å². The first-order valence-electron chi connectivity index (χ1n) is 7.37. The molecule has 126 valence electrons. The molecule has 1 heterocycles. The number of anilines is 1. The normalized spacial score (nSPS) is 15.6. The molecule has 0 bridgehead atoms. The standard InChI is InChI=1S/C16H21N3O3.ClH/c1-10(2)15(17)16(22)18-12-6-4-3-5-11(12)9-19-13(20)7-8-14(19)21;/h3-6,10,15H,7-9,17H2,1-2H3,(H,18,22);1H/t15-;/m0./s1. The Morgan fingerprint density at radius 2 is 1.78 bits per heavy atom. The summed E-state index contributed by atoms with van der Waals surface area (Å²) in [6.45, 7) is 3.92. The predicted octanol–water partition coefficient (Wildman–Crippen LogP) is 1.68. The molecule has 6 nitrogen and oxygen atoms in total. The van der Waals surface area contributed by atoms with Crippen molar-refractivity contribution in [1.82, 2.24) is 4.90 Å². The minimum Gasteiger partial charge on any atom is -0.324 e. The molecule has 0 unspecified atom stereocenters. The maximum atomic E-state index is 12.1. The van der Waals surface area contributed by atoms with Gasteiger partial charge in [0.25, 0.3) is 0 Å². The number of benzene rings is 1. The Bertz CT molecular complexity index is 588. The van der Waals surface area contributed by atoms with Crippen LogP contribution in [0.5, 0.6) is 0 Å². The van der Waals surface area contributed by atoms with Gasteiger partial charge in [-0.1, -0.05) is 32.0 Å². The quantitative estimate of drug-likeness (QED) is 0.798. The van der Waals surface area contributed by atoms with Gasteiger partial charge in [-0.15, -0.1) is 12.4 Å². The van der Waals surface area contributed by atoms with Crippen LogP contribution < -0.4 is 11.1 Å². The van der Waals surface area contributed by atoms with E-state index in [9.17, 15) is 14.4 Å². The van der Waals surface area contributed by atoms with Crippen LogP contribution >= 0.6 is 12.4 Å². The number of nitrogens with zero attached hydrogens (tertiary/aromatic N) is 1. The molecule has 23 heavy (non-hydrogen) atoms. The van der Waals surface area contributed by atoms with E-state index < -0.39 is 6.04 Å². The maximum Gasteiger partial charge on any atom is 0.241 e. The smallest absolute Gasteiger partial charge is 0.241 e. The molecule has 0 radical (unpaired) electrons. The van der Waals surface area contributed by atoms with Gasteiger partial charge in [0.15, 0.2) is 0 Å². The van der Waals surface area contributed by atoms with Gasteiger partial charge in [0, 0.05) is 18.5 Å². The van der Waals surface area contributed by atoms with Gasteiger partial charge in [-0.25, -0.2) is 0 Å². The first-order valence-corrected chi connectivity index (χ1v) is 7.37. The summed E-state index contributed by atoms with van der Waals surface area (Å²) < 4.78 is 0. The molecule has 0 aliphatic carbocycles. The SMILES string of the molecule is CC(C)[C@H](N)C(=O)Nc1ccccc1CN1C(=O)CCC1=O.Cl. The molecule has 1 aliphatic heterocycles. The van der Waals surface area contributed by atoms with Crippen molar-refractivity contribution < 1.29 is 14.4 Å². The van der Waals surface area contributed by atoms with Crippen LogP contribution in [-0.4, -0.2) is 28.7 Å². The van der Waals surface area contributed by atoms with Crippen molar-refractivity contribution in [2.45, 2.75) is 39.3 Å². The van der Waals surface area contributed by atoms with Crippen LogP contribution in [0.3, 0.4) is 0 Å². The van der Waals surface area contributed by atoms with E-state index in [-0.39, 0.29) is 55.4 Å². The number of rotatable bonds is 5. The highest BCUT2D eigenvalue weighted by molar-refractivity contribution is 6.02. The van der Waals surface area contributed by atoms with Crippen LogP contribution in [0.25, 0.3) is 0 Å². The van der Waals surface area contributed by atoms with E-state index in [1.807, 2.05) is 13.8 Å². The summed E-state index contributed by atoms with van der Waals surface area (Å²) in [5.74, 6) is -0.606. The first kappa shape index (κ1) is 19.1. The molecule has 1 fully saturated rings. The number of imide groups is 1. The van der Waals surface area contributed by atoms with Crippen LogP contribution in [-0.2, 0) is 20.9 Å². The van der Waals surface area contributed by atoms with Gasteiger partial charge < -0.3 is 11.1 Å². The van der Waals surface area contributed by atoms with Crippen LogP contribution in [0.15, 0.2) is 24.3 Å². The van der Waals surface area contributed by atoms with Crippen molar-refractivity contribution in [2.24, 2.45) is 11.7 Å². The summed E-state index contributed by atoms with van der Waals surface area (Å²) >= 11 is 0. The van der Waals surface area contributed by atoms with Gasteiger partial charge in [-0.05, 0) is 17.5 Å². The van der Waals surface area contributed by atoms with Gasteiger partial charge in [-0.3, -0.25) is 19.3 Å². The van der Waals surface area contributed by atoms with E-state index >= 15 is 0 Å². The average molecular weight is 340 g/mol. The fourth-order valence-corrected chi connectivity index (χ4v) is 2.27. The number of likely N-dealkylation sites (tertiary alicyclic amines) is 1. The van der Waals surface area contributed by atoms with Crippen LogP contribution in [0.4, 0.5) is 5.69 Å². The zero-order chi connectivity index (χ0) is 16.3. The minimum absolute atomic E-state index is 0. The van der Waals surface area contributed by atoms with E-state index in [0.29, 0.717) is 5.69 Å². The van der Waals surface area contributed by atoms with Crippen molar-refractivity contribution in [3.8, 4) is 0 Å². The molecular weight excluding hydrogens is 318 g/mol. The number of amides is 3. The Morgan fingerprint density at radius 1 is 1.22 bits per heavy atom. The van der Waals surface area contributed by atoms with Gasteiger partial charge in [0.05, 0.1) is 12.6 Å². The summed E-state index contributed by atoms with van der Waals surface area (Å²) in [6.07, 6.45) is 0.511. The molecule has 0 saturated carbocycles. The molecule has 1 saturated heterocycles. The van der Waals surface area contributed by atoms with Gasteiger partial charge >= 0.3 is 0 Å². The summed E-state index contributed by atoms with van der Waals surface area (Å²) in [5, 5.41) is 2.78. The van der Waals surface area contributed by atoms with Gasteiger partial charge in [-0.2, -0.15) is 0 Å². The summed E-state index contributed by atoms with van der Waals surface area (Å²) in [5.41, 5.74) is 7.13. The van der Waals surface area contributed by atoms with E-state index in [1.54, 1.807) is 24.3 Å². The average Bonchev–Trinajstić information content (AvgIpc) is 2.80. The maximum absolute atomic E-state index is 12.1. The third kappa shape index (κ3) is 4.53. The molecule has 3 amide bonds. The third-order valence-electron chi connectivity index (χ3n) is 3.78. The number of carbonyl (C=O) groups is 3. The number of hydrogen-bond donors (Lipinski definition) is 2. The Kier molecular flexibility index (Phi) is 6.72. The van der Waals surface area contributed by atoms with E-state index in [2.05, 4.69) is 5.32 Å². The van der Waals surface area contributed by atoms with Gasteiger partial charge in [0.2, 0.25) is 17.7 Å². The lowest BCUT2D eigenvalue weighted by atomic mass is 10.0. The fourth-order valence-electron chi connectivity index (χ4n) is 2.27. The highest BCUT2D eigenvalue weighted by Crippen LogP contribution is 2.21. The lowest BCUT2D eigenvalue weighted by Gasteiger charge is -2.19. The van der Waals surface area contributed by atoms with E-state index in [1.165, 1.54) is 4.90 Å². The number of hydrogen-bond acceptors (Lipinski definition) is 4. The molecule has 2 rings (SSSR count). The summed E-state index contributed by atoms with van der Waals surface area (Å²) in [4.78, 5) is 36.8. The number of nitrogens with two attached hydrogens (primary N) is 1. The molecule has 0 aromatic heterocycles. The molecule has 1 atom stereocenters. The number of nitrogens with one attached hydrogen (secondary N) is 1. The number of carbonyl (C=O) groups excluding carboxylic acids is 3. The highest BCUT2D eigenvalue weighted by Gasteiger charge is 2.29. The zero-order valence-corrected chi connectivity index (χ0v) is 14.1. The Labute approximate surface area is 141 Å². The molecule has 1 aromatic carbocycles. The third-order valence-corrected chi connectivity index (χ3v) is 3.78. The van der Waals surface area contributed by atoms with Crippen molar-refractivity contribution in [3.05, 3.63) is 29.8 Å². The Balaban J connectivity index is 0.00000264. The van der Waals surface area contributed by atoms with Crippen molar-refractivity contribution in [2.75, 3.05) is 5.32 Å². The highest BCUT2D eigenvalue weighted by atomic mass is 35.5.